The predicted octanol–water partition coefficient (Wildman–Crippen LogP) is 2.81. The first kappa shape index (κ1) is 25.4. The number of nitrogens with one attached hydrogen (secondary N) is 1. The molecule has 9 heteroatoms. The van der Waals surface area contributed by atoms with Gasteiger partial charge in [-0.3, -0.25) is 4.79 Å². The Morgan fingerprint density at radius 1 is 1.23 bits per heavy atom. The van der Waals surface area contributed by atoms with E-state index in [0.29, 0.717) is 49.6 Å². The molecular weight excluding hydrogens is 418 g/mol. The minimum absolute atomic E-state index is 0.119. The Hall–Kier alpha value is -1.84. The third-order valence-corrected chi connectivity index (χ3v) is 7.64. The highest BCUT2D eigenvalue weighted by Gasteiger charge is 2.31. The largest absolute Gasteiger partial charge is 0.493 e. The molecule has 0 radical (unpaired) electrons. The van der Waals surface area contributed by atoms with Crippen molar-refractivity contribution in [1.29, 1.82) is 0 Å². The van der Waals surface area contributed by atoms with Crippen molar-refractivity contribution in [3.8, 4) is 11.5 Å². The Morgan fingerprint density at radius 2 is 1.97 bits per heavy atom. The van der Waals surface area contributed by atoms with Gasteiger partial charge in [-0.25, -0.2) is 12.7 Å². The molecule has 1 amide bonds. The zero-order valence-corrected chi connectivity index (χ0v) is 20.0. The number of ether oxygens (including phenoxy) is 2. The lowest BCUT2D eigenvalue weighted by molar-refractivity contribution is -0.120. The van der Waals surface area contributed by atoms with Gasteiger partial charge < -0.3 is 19.7 Å². The summed E-state index contributed by atoms with van der Waals surface area (Å²) in [5.41, 5.74) is 0.608. The number of hydrogen-bond donors (Lipinski definition) is 1. The van der Waals surface area contributed by atoms with Gasteiger partial charge in [0.15, 0.2) is 11.5 Å². The first-order chi connectivity index (χ1) is 14.8. The zero-order valence-electron chi connectivity index (χ0n) is 19.2. The van der Waals surface area contributed by atoms with E-state index in [4.69, 9.17) is 9.47 Å². The van der Waals surface area contributed by atoms with E-state index in [0.717, 1.165) is 19.6 Å². The first-order valence-corrected chi connectivity index (χ1v) is 12.8. The van der Waals surface area contributed by atoms with Gasteiger partial charge >= 0.3 is 0 Å². The molecule has 1 atom stereocenters. The molecule has 0 aliphatic carbocycles. The molecule has 0 saturated carbocycles. The van der Waals surface area contributed by atoms with Crippen LogP contribution >= 0.6 is 0 Å². The molecule has 1 aromatic carbocycles. The molecule has 0 bridgehead atoms. The molecule has 176 valence electrons. The standard InChI is InChI=1S/C22H37N3O5S/c1-5-15-31(27,28)25-12-8-9-18(17-25)22(26)23-19-10-11-20(29-4)21(16-19)30-14-13-24(6-2)7-3/h10-11,16,18H,5-9,12-15,17H2,1-4H3,(H,23,26). The van der Waals surface area contributed by atoms with Gasteiger partial charge in [0, 0.05) is 31.4 Å². The van der Waals surface area contributed by atoms with Crippen LogP contribution in [0.15, 0.2) is 18.2 Å². The van der Waals surface area contributed by atoms with Crippen LogP contribution in [-0.4, -0.2) is 75.7 Å². The molecule has 0 spiro atoms. The highest BCUT2D eigenvalue weighted by atomic mass is 32.2. The molecule has 1 heterocycles. The molecule has 1 unspecified atom stereocenters. The topological polar surface area (TPSA) is 88.2 Å². The van der Waals surface area contributed by atoms with Crippen LogP contribution in [0, 0.1) is 5.92 Å². The monoisotopic (exact) mass is 455 g/mol. The van der Waals surface area contributed by atoms with Gasteiger partial charge in [0.25, 0.3) is 0 Å². The van der Waals surface area contributed by atoms with Gasteiger partial charge in [0.05, 0.1) is 18.8 Å². The molecular formula is C22H37N3O5S. The number of benzene rings is 1. The first-order valence-electron chi connectivity index (χ1n) is 11.2. The number of piperidine rings is 1. The number of sulfonamides is 1. The molecule has 2 rings (SSSR count). The van der Waals surface area contributed by atoms with Crippen LogP contribution in [0.4, 0.5) is 5.69 Å². The van der Waals surface area contributed by atoms with E-state index in [2.05, 4.69) is 24.1 Å². The highest BCUT2D eigenvalue weighted by molar-refractivity contribution is 7.89. The lowest BCUT2D eigenvalue weighted by atomic mass is 9.98. The Balaban J connectivity index is 2.02. The van der Waals surface area contributed by atoms with Gasteiger partial charge in [-0.1, -0.05) is 20.8 Å². The molecule has 1 fully saturated rings. The zero-order chi connectivity index (χ0) is 22.9. The molecule has 0 aromatic heterocycles. The quantitative estimate of drug-likeness (QED) is 0.521. The number of amides is 1. The molecule has 8 nitrogen and oxygen atoms in total. The second kappa shape index (κ2) is 12.3. The summed E-state index contributed by atoms with van der Waals surface area (Å²) in [4.78, 5) is 15.1. The van der Waals surface area contributed by atoms with Gasteiger partial charge in [0.1, 0.15) is 6.61 Å². The number of carbonyl (C=O) groups is 1. The van der Waals surface area contributed by atoms with Crippen molar-refractivity contribution in [3.63, 3.8) is 0 Å². The van der Waals surface area contributed by atoms with E-state index < -0.39 is 10.0 Å². The number of likely N-dealkylation sites (N-methyl/N-ethyl adjacent to an activating group) is 1. The average molecular weight is 456 g/mol. The highest BCUT2D eigenvalue weighted by Crippen LogP contribution is 2.31. The second-order valence-corrected chi connectivity index (χ2v) is 9.83. The van der Waals surface area contributed by atoms with Crippen molar-refractivity contribution in [3.05, 3.63) is 18.2 Å². The van der Waals surface area contributed by atoms with Gasteiger partial charge in [-0.15, -0.1) is 0 Å². The van der Waals surface area contributed by atoms with E-state index in [9.17, 15) is 13.2 Å². The van der Waals surface area contributed by atoms with Crippen molar-refractivity contribution in [1.82, 2.24) is 9.21 Å². The molecule has 1 N–H and O–H groups in total. The lowest BCUT2D eigenvalue weighted by Gasteiger charge is -2.31. The van der Waals surface area contributed by atoms with E-state index >= 15 is 0 Å². The van der Waals surface area contributed by atoms with E-state index in [1.165, 1.54) is 4.31 Å². The van der Waals surface area contributed by atoms with E-state index in [1.54, 1.807) is 25.3 Å². The van der Waals surface area contributed by atoms with Crippen molar-refractivity contribution < 1.29 is 22.7 Å². The number of nitrogens with zero attached hydrogens (tertiary/aromatic N) is 2. The SMILES string of the molecule is CCCS(=O)(=O)N1CCCC(C(=O)Nc2ccc(OC)c(OCCN(CC)CC)c2)C1. The van der Waals surface area contributed by atoms with E-state index in [1.807, 2.05) is 6.92 Å². The Morgan fingerprint density at radius 3 is 2.61 bits per heavy atom. The molecule has 1 saturated heterocycles. The van der Waals surface area contributed by atoms with Crippen LogP contribution in [0.3, 0.4) is 0 Å². The van der Waals surface area contributed by atoms with Crippen LogP contribution in [0.1, 0.15) is 40.0 Å². The van der Waals surface area contributed by atoms with Crippen molar-refractivity contribution in [2.45, 2.75) is 40.0 Å². The Bertz CT molecular complexity index is 811. The van der Waals surface area contributed by atoms with E-state index in [-0.39, 0.29) is 24.1 Å². The summed E-state index contributed by atoms with van der Waals surface area (Å²) in [6.45, 7) is 10.0. The molecule has 31 heavy (non-hydrogen) atoms. The Kier molecular flexibility index (Phi) is 10.1. The van der Waals surface area contributed by atoms with Gasteiger partial charge in [-0.05, 0) is 44.5 Å². The van der Waals surface area contributed by atoms with Crippen molar-refractivity contribution >= 4 is 21.6 Å². The van der Waals surface area contributed by atoms with Crippen LogP contribution < -0.4 is 14.8 Å². The summed E-state index contributed by atoms with van der Waals surface area (Å²) >= 11 is 0. The van der Waals surface area contributed by atoms with Crippen molar-refractivity contribution in [2.24, 2.45) is 5.92 Å². The van der Waals surface area contributed by atoms with Gasteiger partial charge in [-0.2, -0.15) is 0 Å². The summed E-state index contributed by atoms with van der Waals surface area (Å²) in [6, 6.07) is 5.29. The second-order valence-electron chi connectivity index (χ2n) is 7.74. The summed E-state index contributed by atoms with van der Waals surface area (Å²) in [6.07, 6.45) is 1.93. The number of hydrogen-bond acceptors (Lipinski definition) is 6. The van der Waals surface area contributed by atoms with Crippen LogP contribution in [0.25, 0.3) is 0 Å². The number of carbonyl (C=O) groups excluding carboxylic acids is 1. The minimum atomic E-state index is -3.30. The third-order valence-electron chi connectivity index (χ3n) is 5.60. The molecule has 1 aliphatic heterocycles. The maximum Gasteiger partial charge on any atom is 0.228 e. The summed E-state index contributed by atoms with van der Waals surface area (Å²) in [5, 5.41) is 2.92. The van der Waals surface area contributed by atoms with Crippen molar-refractivity contribution in [2.75, 3.05) is 57.5 Å². The van der Waals surface area contributed by atoms with Gasteiger partial charge in [0.2, 0.25) is 15.9 Å². The van der Waals surface area contributed by atoms with Crippen LogP contribution in [0.5, 0.6) is 11.5 Å². The predicted molar refractivity (Wildman–Crippen MR) is 123 cm³/mol. The maximum atomic E-state index is 12.8. The number of anilines is 1. The summed E-state index contributed by atoms with van der Waals surface area (Å²) in [5.74, 6) is 0.758. The average Bonchev–Trinajstić information content (AvgIpc) is 2.77. The number of methoxy groups -OCH3 is 1. The van der Waals surface area contributed by atoms with Crippen LogP contribution in [0.2, 0.25) is 0 Å². The summed E-state index contributed by atoms with van der Waals surface area (Å²) < 4.78 is 37.5. The normalized spacial score (nSPS) is 17.5. The minimum Gasteiger partial charge on any atom is -0.493 e. The fourth-order valence-corrected chi connectivity index (χ4v) is 5.32. The molecule has 1 aromatic rings. The summed E-state index contributed by atoms with van der Waals surface area (Å²) in [7, 11) is -1.72. The third kappa shape index (κ3) is 7.36. The Labute approximate surface area is 186 Å². The fourth-order valence-electron chi connectivity index (χ4n) is 3.73. The van der Waals surface area contributed by atoms with Crippen LogP contribution in [-0.2, 0) is 14.8 Å². The smallest absolute Gasteiger partial charge is 0.228 e. The molecule has 1 aliphatic rings. The maximum absolute atomic E-state index is 12.8. The number of rotatable bonds is 12. The lowest BCUT2D eigenvalue weighted by Crippen LogP contribution is -2.44. The fraction of sp³-hybridized carbons (Fsp3) is 0.682.